The van der Waals surface area contributed by atoms with Crippen LogP contribution in [0.4, 0.5) is 16.3 Å². The van der Waals surface area contributed by atoms with Crippen LogP contribution >= 0.6 is 0 Å². The van der Waals surface area contributed by atoms with E-state index in [0.717, 1.165) is 11.6 Å². The predicted octanol–water partition coefficient (Wildman–Crippen LogP) is 2.34. The highest BCUT2D eigenvalue weighted by atomic mass is 16.5. The molecule has 0 spiro atoms. The minimum absolute atomic E-state index is 0.178. The number of carbonyl (C=O) groups excluding carboxylic acids is 1. The molecule has 1 aliphatic heterocycles. The Morgan fingerprint density at radius 2 is 1.81 bits per heavy atom. The first-order valence-electron chi connectivity index (χ1n) is 9.96. The van der Waals surface area contributed by atoms with Crippen LogP contribution in [-0.4, -0.2) is 71.1 Å². The fourth-order valence-electron chi connectivity index (χ4n) is 3.54. The van der Waals surface area contributed by atoms with Gasteiger partial charge in [0.05, 0.1) is 19.9 Å². The summed E-state index contributed by atoms with van der Waals surface area (Å²) in [5.41, 5.74) is 0.574. The van der Waals surface area contributed by atoms with E-state index in [-0.39, 0.29) is 6.03 Å². The lowest BCUT2D eigenvalue weighted by atomic mass is 10.2. The van der Waals surface area contributed by atoms with Crippen molar-refractivity contribution < 1.29 is 14.3 Å². The monoisotopic (exact) mass is 423 g/mol. The van der Waals surface area contributed by atoms with Gasteiger partial charge in [0.1, 0.15) is 11.6 Å². The first kappa shape index (κ1) is 20.5. The number of benzene rings is 1. The molecule has 0 unspecified atom stereocenters. The predicted molar refractivity (Wildman–Crippen MR) is 116 cm³/mol. The van der Waals surface area contributed by atoms with Gasteiger partial charge in [-0.15, -0.1) is 0 Å². The molecular formula is C21H25N7O3. The maximum atomic E-state index is 12.8. The summed E-state index contributed by atoms with van der Waals surface area (Å²) in [7, 11) is 3.11. The zero-order valence-electron chi connectivity index (χ0n) is 17.8. The SMILES string of the molecule is COc1cccc(NC(=O)N2CCN(c3cc(-n4cccn4)nc(C)n3)CC2)c1OC. The third kappa shape index (κ3) is 4.37. The Hall–Kier alpha value is -3.82. The topological polar surface area (TPSA) is 97.6 Å². The molecule has 2 aromatic heterocycles. The second kappa shape index (κ2) is 8.90. The van der Waals surface area contributed by atoms with E-state index in [1.807, 2.05) is 31.3 Å². The van der Waals surface area contributed by atoms with Gasteiger partial charge in [0.25, 0.3) is 0 Å². The van der Waals surface area contributed by atoms with Crippen LogP contribution in [0.3, 0.4) is 0 Å². The van der Waals surface area contributed by atoms with E-state index in [1.165, 1.54) is 0 Å². The summed E-state index contributed by atoms with van der Waals surface area (Å²) in [5.74, 6) is 3.29. The molecular weight excluding hydrogens is 398 g/mol. The summed E-state index contributed by atoms with van der Waals surface area (Å²) in [6, 6.07) is 8.97. The van der Waals surface area contributed by atoms with Crippen LogP contribution in [0, 0.1) is 6.92 Å². The van der Waals surface area contributed by atoms with Crippen LogP contribution in [0.15, 0.2) is 42.7 Å². The van der Waals surface area contributed by atoms with Crippen LogP contribution in [0.25, 0.3) is 5.82 Å². The number of hydrogen-bond acceptors (Lipinski definition) is 7. The molecule has 0 radical (unpaired) electrons. The number of para-hydroxylation sites is 1. The van der Waals surface area contributed by atoms with Crippen molar-refractivity contribution in [3.63, 3.8) is 0 Å². The van der Waals surface area contributed by atoms with Crippen LogP contribution in [0.2, 0.25) is 0 Å². The number of rotatable bonds is 5. The van der Waals surface area contributed by atoms with Crippen molar-refractivity contribution in [2.24, 2.45) is 0 Å². The summed E-state index contributed by atoms with van der Waals surface area (Å²) in [4.78, 5) is 25.8. The minimum Gasteiger partial charge on any atom is -0.493 e. The second-order valence-electron chi connectivity index (χ2n) is 7.03. The van der Waals surface area contributed by atoms with Crippen molar-refractivity contribution in [3.8, 4) is 17.3 Å². The number of aryl methyl sites for hydroxylation is 1. The summed E-state index contributed by atoms with van der Waals surface area (Å²) < 4.78 is 12.4. The highest BCUT2D eigenvalue weighted by Gasteiger charge is 2.24. The summed E-state index contributed by atoms with van der Waals surface area (Å²) in [6.07, 6.45) is 3.56. The number of anilines is 2. The lowest BCUT2D eigenvalue weighted by Crippen LogP contribution is -2.50. The molecule has 4 rings (SSSR count). The van der Waals surface area contributed by atoms with Gasteiger partial charge in [-0.3, -0.25) is 0 Å². The van der Waals surface area contributed by atoms with Gasteiger partial charge in [-0.1, -0.05) is 6.07 Å². The average molecular weight is 423 g/mol. The van der Waals surface area contributed by atoms with E-state index in [2.05, 4.69) is 25.3 Å². The standard InChI is InChI=1S/C21H25N7O3/c1-15-23-18(14-19(24-15)28-9-5-8-22-28)26-10-12-27(13-11-26)21(29)25-16-6-4-7-17(30-2)20(16)31-3/h4-9,14H,10-13H2,1-3H3,(H,25,29). The molecule has 1 aliphatic rings. The van der Waals surface area contributed by atoms with Crippen molar-refractivity contribution in [1.82, 2.24) is 24.6 Å². The lowest BCUT2D eigenvalue weighted by molar-refractivity contribution is 0.208. The van der Waals surface area contributed by atoms with Crippen molar-refractivity contribution in [1.29, 1.82) is 0 Å². The Bertz CT molecular complexity index is 1050. The van der Waals surface area contributed by atoms with Crippen molar-refractivity contribution in [2.75, 3.05) is 50.6 Å². The quantitative estimate of drug-likeness (QED) is 0.673. The minimum atomic E-state index is -0.178. The van der Waals surface area contributed by atoms with E-state index in [0.29, 0.717) is 49.2 Å². The zero-order chi connectivity index (χ0) is 21.8. The third-order valence-corrected chi connectivity index (χ3v) is 5.09. The van der Waals surface area contributed by atoms with Gasteiger partial charge in [0.15, 0.2) is 17.3 Å². The number of aromatic nitrogens is 4. The van der Waals surface area contributed by atoms with E-state index in [9.17, 15) is 4.79 Å². The van der Waals surface area contributed by atoms with E-state index >= 15 is 0 Å². The molecule has 0 atom stereocenters. The number of carbonyl (C=O) groups is 1. The molecule has 2 amide bonds. The van der Waals surface area contributed by atoms with Crippen molar-refractivity contribution in [3.05, 3.63) is 48.5 Å². The summed E-state index contributed by atoms with van der Waals surface area (Å²) in [6.45, 7) is 4.33. The number of amides is 2. The van der Waals surface area contributed by atoms with Crippen LogP contribution in [0.5, 0.6) is 11.5 Å². The molecule has 0 bridgehead atoms. The molecule has 1 saturated heterocycles. The van der Waals surface area contributed by atoms with Gasteiger partial charge in [0.2, 0.25) is 0 Å². The Kier molecular flexibility index (Phi) is 5.87. The number of urea groups is 1. The number of nitrogens with zero attached hydrogens (tertiary/aromatic N) is 6. The molecule has 0 saturated carbocycles. The molecule has 10 heteroatoms. The molecule has 3 aromatic rings. The van der Waals surface area contributed by atoms with Gasteiger partial charge in [-0.25, -0.2) is 19.4 Å². The highest BCUT2D eigenvalue weighted by Crippen LogP contribution is 2.34. The fraction of sp³-hybridized carbons (Fsp3) is 0.333. The number of hydrogen-bond donors (Lipinski definition) is 1. The Morgan fingerprint density at radius 1 is 1.03 bits per heavy atom. The zero-order valence-corrected chi connectivity index (χ0v) is 17.8. The summed E-state index contributed by atoms with van der Waals surface area (Å²) in [5, 5.41) is 7.17. The normalized spacial score (nSPS) is 13.8. The van der Waals surface area contributed by atoms with E-state index < -0.39 is 0 Å². The van der Waals surface area contributed by atoms with E-state index in [4.69, 9.17) is 9.47 Å². The maximum Gasteiger partial charge on any atom is 0.322 e. The van der Waals surface area contributed by atoms with Gasteiger partial charge in [0, 0.05) is 44.6 Å². The molecule has 0 aliphatic carbocycles. The lowest BCUT2D eigenvalue weighted by Gasteiger charge is -2.35. The Morgan fingerprint density at radius 3 is 2.48 bits per heavy atom. The smallest absolute Gasteiger partial charge is 0.322 e. The fourth-order valence-corrected chi connectivity index (χ4v) is 3.54. The van der Waals surface area contributed by atoms with Crippen molar-refractivity contribution in [2.45, 2.75) is 6.92 Å². The highest BCUT2D eigenvalue weighted by molar-refractivity contribution is 5.91. The number of piperazine rings is 1. The van der Waals surface area contributed by atoms with Gasteiger partial charge < -0.3 is 24.6 Å². The molecule has 1 N–H and O–H groups in total. The first-order valence-corrected chi connectivity index (χ1v) is 9.96. The molecule has 1 aromatic carbocycles. The van der Waals surface area contributed by atoms with Gasteiger partial charge >= 0.3 is 6.03 Å². The first-order chi connectivity index (χ1) is 15.1. The molecule has 31 heavy (non-hydrogen) atoms. The van der Waals surface area contributed by atoms with Gasteiger partial charge in [-0.2, -0.15) is 5.10 Å². The maximum absolute atomic E-state index is 12.8. The molecule has 3 heterocycles. The second-order valence-corrected chi connectivity index (χ2v) is 7.03. The third-order valence-electron chi connectivity index (χ3n) is 5.09. The van der Waals surface area contributed by atoms with Crippen LogP contribution < -0.4 is 19.7 Å². The number of methoxy groups -OCH3 is 2. The van der Waals surface area contributed by atoms with Crippen molar-refractivity contribution >= 4 is 17.5 Å². The Balaban J connectivity index is 1.42. The average Bonchev–Trinajstić information content (AvgIpc) is 3.33. The molecule has 162 valence electrons. The molecule has 10 nitrogen and oxygen atoms in total. The molecule has 1 fully saturated rings. The van der Waals surface area contributed by atoms with Crippen LogP contribution in [0.1, 0.15) is 5.82 Å². The largest absolute Gasteiger partial charge is 0.493 e. The number of ether oxygens (including phenoxy) is 2. The number of nitrogens with one attached hydrogen (secondary N) is 1. The summed E-state index contributed by atoms with van der Waals surface area (Å²) >= 11 is 0. The van der Waals surface area contributed by atoms with Crippen LogP contribution in [-0.2, 0) is 0 Å². The van der Waals surface area contributed by atoms with E-state index in [1.54, 1.807) is 42.1 Å². The van der Waals surface area contributed by atoms with Gasteiger partial charge in [-0.05, 0) is 25.1 Å². The Labute approximate surface area is 180 Å².